The fraction of sp³-hybridized carbons (Fsp3) is 0.235. The number of fused-ring (bicyclic) bond motifs is 1. The van der Waals surface area contributed by atoms with Gasteiger partial charge in [-0.1, -0.05) is 0 Å². The molecule has 0 unspecified atom stereocenters. The number of aromatic nitrogens is 3. The highest BCUT2D eigenvalue weighted by Crippen LogP contribution is 2.27. The van der Waals surface area contributed by atoms with E-state index in [4.69, 9.17) is 4.74 Å². The van der Waals surface area contributed by atoms with Crippen molar-refractivity contribution in [1.82, 2.24) is 14.8 Å². The van der Waals surface area contributed by atoms with Crippen LogP contribution in [0, 0.1) is 0 Å². The molecule has 124 valence electrons. The Morgan fingerprint density at radius 1 is 1.38 bits per heavy atom. The smallest absolute Gasteiger partial charge is 0.271 e. The van der Waals surface area contributed by atoms with E-state index in [-0.39, 0.29) is 17.4 Å². The third-order valence-corrected chi connectivity index (χ3v) is 3.39. The molecule has 0 saturated carbocycles. The van der Waals surface area contributed by atoms with Crippen LogP contribution in [0.15, 0.2) is 41.5 Å². The second kappa shape index (κ2) is 6.19. The summed E-state index contributed by atoms with van der Waals surface area (Å²) >= 11 is 0. The van der Waals surface area contributed by atoms with E-state index in [2.05, 4.69) is 15.4 Å². The molecule has 7 heteroatoms. The Balaban J connectivity index is 2.03. The summed E-state index contributed by atoms with van der Waals surface area (Å²) in [6, 6.07) is 6.64. The topological polar surface area (TPSA) is 89.0 Å². The first-order valence-electron chi connectivity index (χ1n) is 7.57. The van der Waals surface area contributed by atoms with Gasteiger partial charge in [0.15, 0.2) is 0 Å². The van der Waals surface area contributed by atoms with Crippen LogP contribution in [0.3, 0.4) is 0 Å². The molecule has 0 bridgehead atoms. The maximum Gasteiger partial charge on any atom is 0.271 e. The predicted molar refractivity (Wildman–Crippen MR) is 91.5 cm³/mol. The minimum atomic E-state index is -0.409. The van der Waals surface area contributed by atoms with E-state index >= 15 is 0 Å². The molecule has 0 radical (unpaired) electrons. The van der Waals surface area contributed by atoms with Crippen LogP contribution in [0.2, 0.25) is 0 Å². The van der Waals surface area contributed by atoms with Gasteiger partial charge in [-0.3, -0.25) is 14.3 Å². The number of carbonyl (C=O) groups is 1. The summed E-state index contributed by atoms with van der Waals surface area (Å²) in [6.45, 7) is 3.76. The van der Waals surface area contributed by atoms with E-state index in [0.29, 0.717) is 11.3 Å². The van der Waals surface area contributed by atoms with Crippen LogP contribution in [-0.4, -0.2) is 26.8 Å². The summed E-state index contributed by atoms with van der Waals surface area (Å²) in [4.78, 5) is 26.9. The number of hydrogen-bond acceptors (Lipinski definition) is 4. The van der Waals surface area contributed by atoms with Gasteiger partial charge < -0.3 is 15.0 Å². The molecule has 24 heavy (non-hydrogen) atoms. The monoisotopic (exact) mass is 326 g/mol. The van der Waals surface area contributed by atoms with Gasteiger partial charge in [0.25, 0.3) is 11.5 Å². The molecular formula is C17H18N4O3. The Labute approximate surface area is 138 Å². The van der Waals surface area contributed by atoms with E-state index < -0.39 is 5.91 Å². The normalized spacial score (nSPS) is 11.0. The number of nitrogens with one attached hydrogen (secondary N) is 2. The first-order chi connectivity index (χ1) is 11.4. The van der Waals surface area contributed by atoms with Crippen LogP contribution >= 0.6 is 0 Å². The van der Waals surface area contributed by atoms with Gasteiger partial charge in [-0.25, -0.2) is 0 Å². The van der Waals surface area contributed by atoms with Crippen molar-refractivity contribution in [2.75, 3.05) is 5.32 Å². The highest BCUT2D eigenvalue weighted by molar-refractivity contribution is 6.08. The summed E-state index contributed by atoms with van der Waals surface area (Å²) in [5.74, 6) is 0.0224. The third kappa shape index (κ3) is 3.15. The molecule has 1 amide bonds. The van der Waals surface area contributed by atoms with Crippen LogP contribution in [-0.2, 0) is 7.05 Å². The molecule has 0 saturated heterocycles. The number of amides is 1. The molecule has 0 aliphatic heterocycles. The zero-order valence-electron chi connectivity index (χ0n) is 13.7. The van der Waals surface area contributed by atoms with E-state index in [9.17, 15) is 9.59 Å². The summed E-state index contributed by atoms with van der Waals surface area (Å²) < 4.78 is 7.43. The maximum absolute atomic E-state index is 12.6. The maximum atomic E-state index is 12.6. The predicted octanol–water partition coefficient (Wildman–Crippen LogP) is 2.30. The minimum Gasteiger partial charge on any atom is -0.490 e. The number of hydrogen-bond donors (Lipinski definition) is 2. The number of anilines is 1. The SMILES string of the molecule is CC(C)Oc1cc2nn(C)cc2cc1C(=O)Nc1ccc[nH]c1=O. The van der Waals surface area contributed by atoms with Gasteiger partial charge in [-0.15, -0.1) is 0 Å². The lowest BCUT2D eigenvalue weighted by molar-refractivity contribution is 0.102. The van der Waals surface area contributed by atoms with Crippen LogP contribution in [0.4, 0.5) is 5.69 Å². The van der Waals surface area contributed by atoms with Crippen LogP contribution in [0.1, 0.15) is 24.2 Å². The molecule has 0 aliphatic carbocycles. The number of ether oxygens (including phenoxy) is 1. The van der Waals surface area contributed by atoms with Crippen LogP contribution < -0.4 is 15.6 Å². The van der Waals surface area contributed by atoms with Crippen molar-refractivity contribution in [3.05, 3.63) is 52.6 Å². The molecular weight excluding hydrogens is 308 g/mol. The Bertz CT molecular complexity index is 956. The standard InChI is InChI=1S/C17H18N4O3/c1-10(2)24-15-8-14-11(9-21(3)20-14)7-12(15)16(22)19-13-5-4-6-18-17(13)23/h4-10H,1-3H3,(H,18,23)(H,19,22). The van der Waals surface area contributed by atoms with Crippen molar-refractivity contribution in [2.24, 2.45) is 7.05 Å². The third-order valence-electron chi connectivity index (χ3n) is 3.39. The molecule has 2 heterocycles. The quantitative estimate of drug-likeness (QED) is 0.770. The second-order valence-electron chi connectivity index (χ2n) is 5.74. The van der Waals surface area contributed by atoms with Gasteiger partial charge in [0.05, 0.1) is 17.2 Å². The van der Waals surface area contributed by atoms with Crippen LogP contribution in [0.5, 0.6) is 5.75 Å². The fourth-order valence-corrected chi connectivity index (χ4v) is 2.41. The van der Waals surface area contributed by atoms with Crippen molar-refractivity contribution < 1.29 is 9.53 Å². The molecule has 0 fully saturated rings. The first-order valence-corrected chi connectivity index (χ1v) is 7.57. The molecule has 3 rings (SSSR count). The van der Waals surface area contributed by atoms with Gasteiger partial charge in [0.2, 0.25) is 0 Å². The zero-order chi connectivity index (χ0) is 17.3. The molecule has 0 atom stereocenters. The number of aryl methyl sites for hydroxylation is 1. The Hall–Kier alpha value is -3.09. The minimum absolute atomic E-state index is 0.0992. The van der Waals surface area contributed by atoms with Gasteiger partial charge in [0.1, 0.15) is 11.4 Å². The summed E-state index contributed by atoms with van der Waals surface area (Å²) in [5.41, 5.74) is 0.915. The van der Waals surface area contributed by atoms with E-state index in [0.717, 1.165) is 10.9 Å². The summed E-state index contributed by atoms with van der Waals surface area (Å²) in [7, 11) is 1.81. The van der Waals surface area contributed by atoms with Gasteiger partial charge in [0, 0.05) is 30.9 Å². The summed E-state index contributed by atoms with van der Waals surface area (Å²) in [6.07, 6.45) is 3.23. The number of aromatic amines is 1. The molecule has 2 aromatic heterocycles. The molecule has 0 aliphatic rings. The lowest BCUT2D eigenvalue weighted by atomic mass is 10.1. The van der Waals surface area contributed by atoms with Crippen molar-refractivity contribution in [2.45, 2.75) is 20.0 Å². The Morgan fingerprint density at radius 2 is 2.17 bits per heavy atom. The van der Waals surface area contributed by atoms with Crippen molar-refractivity contribution in [1.29, 1.82) is 0 Å². The highest BCUT2D eigenvalue weighted by Gasteiger charge is 2.17. The van der Waals surface area contributed by atoms with E-state index in [1.165, 1.54) is 6.20 Å². The zero-order valence-corrected chi connectivity index (χ0v) is 13.7. The number of pyridine rings is 1. The largest absolute Gasteiger partial charge is 0.490 e. The Morgan fingerprint density at radius 3 is 2.88 bits per heavy atom. The lowest BCUT2D eigenvalue weighted by Gasteiger charge is -2.14. The molecule has 1 aromatic carbocycles. The Kier molecular flexibility index (Phi) is 4.07. The second-order valence-corrected chi connectivity index (χ2v) is 5.74. The molecule has 2 N–H and O–H groups in total. The number of H-pyrrole nitrogens is 1. The average Bonchev–Trinajstić information content (AvgIpc) is 2.87. The summed E-state index contributed by atoms with van der Waals surface area (Å²) in [5, 5.41) is 7.77. The molecule has 7 nitrogen and oxygen atoms in total. The number of nitrogens with zero attached hydrogens (tertiary/aromatic N) is 2. The van der Waals surface area contributed by atoms with E-state index in [1.807, 2.05) is 27.1 Å². The molecule has 3 aromatic rings. The fourth-order valence-electron chi connectivity index (χ4n) is 2.41. The van der Waals surface area contributed by atoms with E-state index in [1.54, 1.807) is 28.9 Å². The van der Waals surface area contributed by atoms with Gasteiger partial charge in [-0.2, -0.15) is 5.10 Å². The van der Waals surface area contributed by atoms with Crippen molar-refractivity contribution >= 4 is 22.5 Å². The highest BCUT2D eigenvalue weighted by atomic mass is 16.5. The van der Waals surface area contributed by atoms with Crippen molar-refractivity contribution in [3.63, 3.8) is 0 Å². The lowest BCUT2D eigenvalue weighted by Crippen LogP contribution is -2.20. The molecule has 0 spiro atoms. The number of rotatable bonds is 4. The average molecular weight is 326 g/mol. The number of benzene rings is 1. The first kappa shape index (κ1) is 15.8. The van der Waals surface area contributed by atoms with Gasteiger partial charge >= 0.3 is 0 Å². The van der Waals surface area contributed by atoms with Crippen molar-refractivity contribution in [3.8, 4) is 5.75 Å². The van der Waals surface area contributed by atoms with Gasteiger partial charge in [-0.05, 0) is 32.0 Å². The van der Waals surface area contributed by atoms with Crippen LogP contribution in [0.25, 0.3) is 10.9 Å². The number of carbonyl (C=O) groups excluding carboxylic acids is 1.